The monoisotopic (exact) mass is 455 g/mol. The Hall–Kier alpha value is -0.0500. The van der Waals surface area contributed by atoms with Crippen molar-refractivity contribution in [2.24, 2.45) is 5.92 Å². The summed E-state index contributed by atoms with van der Waals surface area (Å²) in [6.45, 7) is 13.9. The Morgan fingerprint density at radius 3 is 2.03 bits per heavy atom. The van der Waals surface area contributed by atoms with E-state index in [1.165, 1.54) is 20.5 Å². The normalized spacial score (nSPS) is 12.1. The number of carbonyl (C=O) groups excluding carboxylic acids is 1. The molecule has 0 aliphatic heterocycles. The minimum Gasteiger partial charge on any atom is -1.00 e. The molecule has 0 aromatic rings. The standard InChI is InChI=1S/C10H15NO6S.C6H11O3.2Na.H/c1-5(2)9(18(15,16)17)11-8(12)6(3)7(4)10(13)14;1-2-3-9-5-6(8)4-7;;;/h5,9H,3-4H2,1-2H3,(H,11,12)(H,13,14)(H,15,16,17);2,5-8H,1,3-4H2;;;/q;-1;2*+1;-1. The molecule has 0 spiro atoms. The Kier molecular flexibility index (Phi) is 23.4. The van der Waals surface area contributed by atoms with E-state index in [9.17, 15) is 18.0 Å². The summed E-state index contributed by atoms with van der Waals surface area (Å²) in [5, 5.41) is 25.9. The molecule has 0 rings (SSSR count). The molecule has 5 N–H and O–H groups in total. The van der Waals surface area contributed by atoms with Crippen molar-refractivity contribution in [2.75, 3.05) is 13.2 Å². The number of aliphatic hydroxyl groups is 2. The van der Waals surface area contributed by atoms with Gasteiger partial charge in [0.05, 0.1) is 5.57 Å². The van der Waals surface area contributed by atoms with Crippen molar-refractivity contribution in [2.45, 2.75) is 25.3 Å². The second-order valence-electron chi connectivity index (χ2n) is 5.42. The average Bonchev–Trinajstić information content (AvgIpc) is 2.57. The van der Waals surface area contributed by atoms with Crippen LogP contribution in [0.25, 0.3) is 0 Å². The second kappa shape index (κ2) is 18.7. The summed E-state index contributed by atoms with van der Waals surface area (Å²) >= 11 is 0. The summed E-state index contributed by atoms with van der Waals surface area (Å²) in [4.78, 5) is 22.1. The second-order valence-corrected chi connectivity index (χ2v) is 6.96. The van der Waals surface area contributed by atoms with Crippen LogP contribution in [0, 0.1) is 12.5 Å². The Morgan fingerprint density at radius 2 is 1.72 bits per heavy atom. The van der Waals surface area contributed by atoms with Crippen LogP contribution in [0.2, 0.25) is 0 Å². The molecular weight excluding hydrogens is 428 g/mol. The minimum atomic E-state index is -4.49. The van der Waals surface area contributed by atoms with Crippen molar-refractivity contribution in [3.8, 4) is 0 Å². The molecule has 0 aromatic carbocycles. The van der Waals surface area contributed by atoms with Gasteiger partial charge in [0.15, 0.2) is 5.37 Å². The molecule has 13 heteroatoms. The van der Waals surface area contributed by atoms with Crippen LogP contribution in [0.5, 0.6) is 0 Å². The van der Waals surface area contributed by atoms with Gasteiger partial charge in [0.2, 0.25) is 0 Å². The summed E-state index contributed by atoms with van der Waals surface area (Å²) in [5.41, 5.74) is -1.03. The van der Waals surface area contributed by atoms with Gasteiger partial charge in [-0.25, -0.2) is 4.79 Å². The molecular formula is C16H27NNa2O9S. The van der Waals surface area contributed by atoms with Crippen LogP contribution in [0.4, 0.5) is 0 Å². The molecule has 0 aliphatic rings. The average molecular weight is 455 g/mol. The molecule has 2 atom stereocenters. The molecule has 2 unspecified atom stereocenters. The van der Waals surface area contributed by atoms with Crippen LogP contribution in [0.15, 0.2) is 37.0 Å². The number of nitrogens with one attached hydrogen (secondary N) is 1. The van der Waals surface area contributed by atoms with Crippen molar-refractivity contribution in [1.82, 2.24) is 5.32 Å². The Bertz CT molecular complexity index is 657. The van der Waals surface area contributed by atoms with Crippen molar-refractivity contribution in [3.63, 3.8) is 0 Å². The van der Waals surface area contributed by atoms with Gasteiger partial charge in [-0.2, -0.15) is 15.0 Å². The van der Waals surface area contributed by atoms with Crippen molar-refractivity contribution >= 4 is 22.0 Å². The Morgan fingerprint density at radius 1 is 1.24 bits per heavy atom. The first-order valence-electron chi connectivity index (χ1n) is 7.52. The van der Waals surface area contributed by atoms with E-state index < -0.39 is 50.5 Å². The predicted octanol–water partition coefficient (Wildman–Crippen LogP) is -6.01. The fourth-order valence-corrected chi connectivity index (χ4v) is 2.29. The maximum Gasteiger partial charge on any atom is 1.00 e. The molecule has 0 aliphatic carbocycles. The smallest absolute Gasteiger partial charge is 1.00 e. The van der Waals surface area contributed by atoms with Gasteiger partial charge < -0.3 is 26.8 Å². The fourth-order valence-electron chi connectivity index (χ4n) is 1.35. The molecule has 29 heavy (non-hydrogen) atoms. The van der Waals surface area contributed by atoms with E-state index in [-0.39, 0.29) is 67.1 Å². The van der Waals surface area contributed by atoms with E-state index in [1.54, 1.807) is 6.08 Å². The number of hydrogen-bond acceptors (Lipinski definition) is 7. The molecule has 10 nitrogen and oxygen atoms in total. The first kappa shape index (κ1) is 36.3. The zero-order valence-corrected chi connectivity index (χ0v) is 22.0. The maximum atomic E-state index is 11.5. The maximum absolute atomic E-state index is 11.5. The van der Waals surface area contributed by atoms with E-state index in [2.05, 4.69) is 24.5 Å². The largest absolute Gasteiger partial charge is 1.00 e. The summed E-state index contributed by atoms with van der Waals surface area (Å²) in [6.07, 6.45) is 0.672. The van der Waals surface area contributed by atoms with Crippen LogP contribution >= 0.6 is 0 Å². The third-order valence-corrected chi connectivity index (χ3v) is 4.05. The topological polar surface area (TPSA) is 170 Å². The zero-order chi connectivity index (χ0) is 21.8. The predicted molar refractivity (Wildman–Crippen MR) is 98.9 cm³/mol. The van der Waals surface area contributed by atoms with Crippen LogP contribution in [-0.4, -0.2) is 64.9 Å². The Balaban J connectivity index is -0.000000150. The van der Waals surface area contributed by atoms with E-state index in [0.717, 1.165) is 0 Å². The summed E-state index contributed by atoms with van der Waals surface area (Å²) in [6, 6.07) is 0. The number of rotatable bonds is 11. The number of aliphatic carboxylic acids is 1. The SMILES string of the molecule is C=C(C(=C)C(=O)NC(C(C)C)S(=O)(=O)O)C(=O)O.C=CCO[CH-]C(O)CO.[H-].[Na+].[Na+]. The molecule has 0 saturated carbocycles. The van der Waals surface area contributed by atoms with Crippen LogP contribution in [0.3, 0.4) is 0 Å². The van der Waals surface area contributed by atoms with Crippen molar-refractivity contribution < 1.29 is 103 Å². The van der Waals surface area contributed by atoms with Crippen LogP contribution in [0.1, 0.15) is 15.3 Å². The molecule has 0 saturated heterocycles. The van der Waals surface area contributed by atoms with Gasteiger partial charge in [0.25, 0.3) is 16.0 Å². The molecule has 0 aromatic heterocycles. The Labute approximate surface area is 216 Å². The quantitative estimate of drug-likeness (QED) is 0.0387. The third kappa shape index (κ3) is 17.3. The van der Waals surface area contributed by atoms with Gasteiger partial charge in [0, 0.05) is 18.8 Å². The first-order chi connectivity index (χ1) is 12.3. The fraction of sp³-hybridized carbons (Fsp3) is 0.438. The number of aliphatic hydroxyl groups excluding tert-OH is 2. The molecule has 158 valence electrons. The van der Waals surface area contributed by atoms with Gasteiger partial charge in [0.1, 0.15) is 0 Å². The number of carboxylic acid groups (broad SMARTS) is 1. The van der Waals surface area contributed by atoms with Gasteiger partial charge >= 0.3 is 65.1 Å². The number of ether oxygens (including phenoxy) is 1. The number of hydrogen-bond donors (Lipinski definition) is 5. The number of carbonyl (C=O) groups is 2. The molecule has 1 amide bonds. The van der Waals surface area contributed by atoms with E-state index in [1.807, 2.05) is 5.32 Å². The van der Waals surface area contributed by atoms with Crippen molar-refractivity contribution in [1.29, 1.82) is 0 Å². The number of amides is 1. The molecule has 0 bridgehead atoms. The molecule has 0 heterocycles. The molecule has 0 fully saturated rings. The van der Waals surface area contributed by atoms with E-state index >= 15 is 0 Å². The van der Waals surface area contributed by atoms with Crippen LogP contribution in [-0.2, 0) is 24.4 Å². The number of carboxylic acids is 1. The van der Waals surface area contributed by atoms with Gasteiger partial charge in [-0.05, 0) is 12.0 Å². The summed E-state index contributed by atoms with van der Waals surface area (Å²) < 4.78 is 35.6. The summed E-state index contributed by atoms with van der Waals surface area (Å²) in [7, 11) is -4.49. The summed E-state index contributed by atoms with van der Waals surface area (Å²) in [5.74, 6) is -3.06. The third-order valence-electron chi connectivity index (χ3n) is 2.75. The van der Waals surface area contributed by atoms with E-state index in [4.69, 9.17) is 19.9 Å². The first-order valence-corrected chi connectivity index (χ1v) is 9.03. The zero-order valence-electron chi connectivity index (χ0n) is 18.2. The van der Waals surface area contributed by atoms with Gasteiger partial charge in [-0.3, -0.25) is 9.35 Å². The molecule has 0 radical (unpaired) electrons. The van der Waals surface area contributed by atoms with E-state index in [0.29, 0.717) is 6.61 Å². The van der Waals surface area contributed by atoms with Crippen LogP contribution < -0.4 is 64.4 Å². The van der Waals surface area contributed by atoms with Gasteiger partial charge in [-0.1, -0.05) is 33.1 Å². The minimum absolute atomic E-state index is 0. The van der Waals surface area contributed by atoms with Crippen molar-refractivity contribution in [3.05, 3.63) is 43.6 Å². The van der Waals surface area contributed by atoms with Gasteiger partial charge in [-0.15, -0.1) is 6.58 Å².